The fraction of sp³-hybridized carbons (Fsp3) is 0.480. The van der Waals surface area contributed by atoms with Crippen molar-refractivity contribution >= 4 is 15.9 Å². The minimum absolute atomic E-state index is 0.0469. The molecule has 0 aromatic heterocycles. The number of likely N-dealkylation sites (N-methyl/N-ethyl adjacent to an activating group) is 2. The van der Waals surface area contributed by atoms with Crippen molar-refractivity contribution in [2.24, 2.45) is 5.92 Å². The first kappa shape index (κ1) is 26.2. The summed E-state index contributed by atoms with van der Waals surface area (Å²) in [4.78, 5) is 16.1. The number of nitrogens with zero attached hydrogens (tertiary/aromatic N) is 3. The van der Waals surface area contributed by atoms with Crippen molar-refractivity contribution in [2.75, 3.05) is 47.4 Å². The molecule has 0 aliphatic carbocycles. The van der Waals surface area contributed by atoms with E-state index in [1.54, 1.807) is 42.0 Å². The summed E-state index contributed by atoms with van der Waals surface area (Å²) in [7, 11) is 1.49. The molecule has 2 aromatic rings. The van der Waals surface area contributed by atoms with E-state index in [1.165, 1.54) is 4.31 Å². The number of hydrogen-bond donors (Lipinski definition) is 1. The Hall–Kier alpha value is -2.46. The molecule has 0 saturated heterocycles. The summed E-state index contributed by atoms with van der Waals surface area (Å²) in [6.07, 6.45) is -0.440. The van der Waals surface area contributed by atoms with Crippen molar-refractivity contribution in [3.8, 4) is 16.9 Å². The lowest BCUT2D eigenvalue weighted by atomic mass is 10.0. The number of fused-ring (bicyclic) bond motifs is 1. The Morgan fingerprint density at radius 1 is 1.15 bits per heavy atom. The zero-order valence-electron chi connectivity index (χ0n) is 20.5. The minimum atomic E-state index is -3.91. The van der Waals surface area contributed by atoms with E-state index in [4.69, 9.17) is 4.74 Å². The van der Waals surface area contributed by atoms with Crippen molar-refractivity contribution in [2.45, 2.75) is 30.9 Å². The van der Waals surface area contributed by atoms with Gasteiger partial charge in [0.05, 0.1) is 19.7 Å². The van der Waals surface area contributed by atoms with Crippen LogP contribution < -0.4 is 4.74 Å². The molecular formula is C25H35N3O5S. The van der Waals surface area contributed by atoms with Gasteiger partial charge in [-0.05, 0) is 44.3 Å². The average molecular weight is 490 g/mol. The van der Waals surface area contributed by atoms with Gasteiger partial charge in [-0.3, -0.25) is 4.79 Å². The molecule has 34 heavy (non-hydrogen) atoms. The second-order valence-electron chi connectivity index (χ2n) is 9.28. The number of rotatable bonds is 7. The SMILES string of the molecule is C[C@H](CO)N1C[C@H](C)[C@H](CN(C)C(=O)CN(C)C)Oc2cc(-c3ccccc3)ccc2S1(=O)=O. The topological polar surface area (TPSA) is 90.4 Å². The molecule has 3 rings (SSSR count). The van der Waals surface area contributed by atoms with Crippen LogP contribution >= 0.6 is 0 Å². The number of ether oxygens (including phenoxy) is 1. The van der Waals surface area contributed by atoms with Crippen molar-refractivity contribution < 1.29 is 23.1 Å². The highest BCUT2D eigenvalue weighted by molar-refractivity contribution is 7.89. The lowest BCUT2D eigenvalue weighted by Crippen LogP contribution is -2.50. The summed E-state index contributed by atoms with van der Waals surface area (Å²) >= 11 is 0. The van der Waals surface area contributed by atoms with Crippen LogP contribution in [0.2, 0.25) is 0 Å². The van der Waals surface area contributed by atoms with Gasteiger partial charge in [0, 0.05) is 25.6 Å². The molecule has 9 heteroatoms. The van der Waals surface area contributed by atoms with Gasteiger partial charge in [-0.25, -0.2) is 8.42 Å². The van der Waals surface area contributed by atoms with Crippen molar-refractivity contribution in [3.05, 3.63) is 48.5 Å². The summed E-state index contributed by atoms with van der Waals surface area (Å²) in [5.74, 6) is -0.0252. The summed E-state index contributed by atoms with van der Waals surface area (Å²) in [5, 5.41) is 9.78. The maximum Gasteiger partial charge on any atom is 0.247 e. The third-order valence-corrected chi connectivity index (χ3v) is 8.12. The average Bonchev–Trinajstić information content (AvgIpc) is 2.80. The molecule has 0 unspecified atom stereocenters. The van der Waals surface area contributed by atoms with Crippen LogP contribution in [0, 0.1) is 5.92 Å². The van der Waals surface area contributed by atoms with Gasteiger partial charge in [0.1, 0.15) is 16.7 Å². The minimum Gasteiger partial charge on any atom is -0.487 e. The number of hydrogen-bond acceptors (Lipinski definition) is 6. The van der Waals surface area contributed by atoms with E-state index in [9.17, 15) is 18.3 Å². The smallest absolute Gasteiger partial charge is 0.247 e. The Morgan fingerprint density at radius 3 is 2.44 bits per heavy atom. The highest BCUT2D eigenvalue weighted by atomic mass is 32.2. The van der Waals surface area contributed by atoms with Gasteiger partial charge in [0.25, 0.3) is 0 Å². The van der Waals surface area contributed by atoms with E-state index in [1.807, 2.05) is 51.4 Å². The Labute approximate surface area is 202 Å². The van der Waals surface area contributed by atoms with Gasteiger partial charge in [0.15, 0.2) is 0 Å². The van der Waals surface area contributed by atoms with Gasteiger partial charge in [0.2, 0.25) is 15.9 Å². The van der Waals surface area contributed by atoms with Gasteiger partial charge in [-0.2, -0.15) is 4.31 Å². The van der Waals surface area contributed by atoms with Gasteiger partial charge < -0.3 is 19.6 Å². The summed E-state index contributed by atoms with van der Waals surface area (Å²) in [6.45, 7) is 4.05. The van der Waals surface area contributed by atoms with Crippen molar-refractivity contribution in [3.63, 3.8) is 0 Å². The van der Waals surface area contributed by atoms with Crippen LogP contribution in [-0.2, 0) is 14.8 Å². The normalized spacial score (nSPS) is 21.1. The molecule has 0 radical (unpaired) electrons. The Morgan fingerprint density at radius 2 is 1.82 bits per heavy atom. The molecule has 1 N–H and O–H groups in total. The van der Waals surface area contributed by atoms with Crippen LogP contribution in [0.15, 0.2) is 53.4 Å². The van der Waals surface area contributed by atoms with Crippen LogP contribution in [0.1, 0.15) is 13.8 Å². The summed E-state index contributed by atoms with van der Waals surface area (Å²) < 4.78 is 34.9. The molecule has 1 heterocycles. The lowest BCUT2D eigenvalue weighted by molar-refractivity contribution is -0.132. The molecular weight excluding hydrogens is 454 g/mol. The van der Waals surface area contributed by atoms with Crippen LogP contribution in [0.25, 0.3) is 11.1 Å². The largest absolute Gasteiger partial charge is 0.487 e. The van der Waals surface area contributed by atoms with Crippen molar-refractivity contribution in [1.82, 2.24) is 14.1 Å². The van der Waals surface area contributed by atoms with E-state index >= 15 is 0 Å². The number of amides is 1. The van der Waals surface area contributed by atoms with E-state index < -0.39 is 22.2 Å². The second kappa shape index (κ2) is 10.9. The number of aliphatic hydroxyl groups excluding tert-OH is 1. The third-order valence-electron chi connectivity index (χ3n) is 6.11. The van der Waals surface area contributed by atoms with E-state index in [-0.39, 0.29) is 42.2 Å². The van der Waals surface area contributed by atoms with Gasteiger partial charge in [-0.1, -0.05) is 43.3 Å². The highest BCUT2D eigenvalue weighted by Crippen LogP contribution is 2.36. The van der Waals surface area contributed by atoms with Crippen LogP contribution in [0.3, 0.4) is 0 Å². The van der Waals surface area contributed by atoms with Crippen LogP contribution in [0.4, 0.5) is 0 Å². The van der Waals surface area contributed by atoms with Gasteiger partial charge >= 0.3 is 0 Å². The Kier molecular flexibility index (Phi) is 8.35. The maximum atomic E-state index is 13.6. The van der Waals surface area contributed by atoms with Crippen molar-refractivity contribution in [1.29, 1.82) is 0 Å². The molecule has 1 aliphatic rings. The highest BCUT2D eigenvalue weighted by Gasteiger charge is 2.38. The predicted molar refractivity (Wildman–Crippen MR) is 132 cm³/mol. The summed E-state index contributed by atoms with van der Waals surface area (Å²) in [6, 6.07) is 14.2. The van der Waals surface area contributed by atoms with Gasteiger partial charge in [-0.15, -0.1) is 0 Å². The predicted octanol–water partition coefficient (Wildman–Crippen LogP) is 2.14. The third kappa shape index (κ3) is 5.78. The number of carbonyl (C=O) groups is 1. The number of sulfonamides is 1. The monoisotopic (exact) mass is 489 g/mol. The van der Waals surface area contributed by atoms with E-state index in [0.29, 0.717) is 6.54 Å². The molecule has 2 aromatic carbocycles. The molecule has 0 bridgehead atoms. The molecule has 3 atom stereocenters. The molecule has 0 saturated carbocycles. The standard InChI is InChI=1S/C25H35N3O5S/c1-18-14-28(19(2)17-29)34(31,32)24-12-11-21(20-9-7-6-8-10-20)13-22(24)33-23(18)15-27(5)25(30)16-26(3)4/h6-13,18-19,23,29H,14-17H2,1-5H3/t18-,19+,23-/m0/s1. The fourth-order valence-electron chi connectivity index (χ4n) is 4.02. The van der Waals surface area contributed by atoms with Crippen LogP contribution in [-0.4, -0.2) is 93.1 Å². The zero-order chi connectivity index (χ0) is 25.0. The molecule has 8 nitrogen and oxygen atoms in total. The fourth-order valence-corrected chi connectivity index (χ4v) is 5.84. The second-order valence-corrected chi connectivity index (χ2v) is 11.1. The lowest BCUT2D eigenvalue weighted by Gasteiger charge is -2.37. The maximum absolute atomic E-state index is 13.6. The number of carbonyl (C=O) groups excluding carboxylic acids is 1. The van der Waals surface area contributed by atoms with E-state index in [0.717, 1.165) is 11.1 Å². The molecule has 0 spiro atoms. The Balaban J connectivity index is 2.06. The first-order chi connectivity index (χ1) is 16.0. The quantitative estimate of drug-likeness (QED) is 0.641. The first-order valence-corrected chi connectivity index (χ1v) is 12.9. The molecule has 0 fully saturated rings. The molecule has 186 valence electrons. The number of benzene rings is 2. The number of aliphatic hydroxyl groups is 1. The van der Waals surface area contributed by atoms with Crippen LogP contribution in [0.5, 0.6) is 5.75 Å². The zero-order valence-corrected chi connectivity index (χ0v) is 21.3. The summed E-state index contributed by atoms with van der Waals surface area (Å²) in [5.41, 5.74) is 1.78. The molecule has 1 amide bonds. The van der Waals surface area contributed by atoms with E-state index in [2.05, 4.69) is 0 Å². The first-order valence-electron chi connectivity index (χ1n) is 11.4. The molecule has 1 aliphatic heterocycles. The Bertz CT molecular complexity index is 1090.